The SMILES string of the molecule is COCCC1(C(=O)N2C[C@H](C(=O)O)[C@H](c3ccccc3)C2)CC1. The Hall–Kier alpha value is -1.88. The van der Waals surface area contributed by atoms with Crippen LogP contribution in [0.1, 0.15) is 30.7 Å². The second-order valence-corrected chi connectivity index (χ2v) is 6.70. The molecule has 1 aromatic rings. The van der Waals surface area contributed by atoms with E-state index in [-0.39, 0.29) is 17.2 Å². The third-order valence-electron chi connectivity index (χ3n) is 5.24. The van der Waals surface area contributed by atoms with Crippen molar-refractivity contribution in [3.8, 4) is 0 Å². The van der Waals surface area contributed by atoms with Crippen molar-refractivity contribution in [1.82, 2.24) is 4.90 Å². The summed E-state index contributed by atoms with van der Waals surface area (Å²) >= 11 is 0. The molecule has 3 rings (SSSR count). The lowest BCUT2D eigenvalue weighted by Crippen LogP contribution is -2.36. The fraction of sp³-hybridized carbons (Fsp3) is 0.556. The Kier molecular flexibility index (Phi) is 4.39. The summed E-state index contributed by atoms with van der Waals surface area (Å²) in [6, 6.07) is 9.65. The van der Waals surface area contributed by atoms with E-state index in [1.165, 1.54) is 0 Å². The maximum atomic E-state index is 12.9. The Balaban J connectivity index is 1.76. The first-order chi connectivity index (χ1) is 11.1. The van der Waals surface area contributed by atoms with Crippen LogP contribution in [0.3, 0.4) is 0 Å². The molecule has 1 saturated heterocycles. The molecule has 2 fully saturated rings. The molecule has 5 heteroatoms. The molecule has 5 nitrogen and oxygen atoms in total. The van der Waals surface area contributed by atoms with Crippen molar-refractivity contribution < 1.29 is 19.4 Å². The van der Waals surface area contributed by atoms with E-state index in [9.17, 15) is 14.7 Å². The molecule has 23 heavy (non-hydrogen) atoms. The zero-order chi connectivity index (χ0) is 16.4. The predicted molar refractivity (Wildman–Crippen MR) is 85.0 cm³/mol. The predicted octanol–water partition coefficient (Wildman–Crippen LogP) is 2.13. The first-order valence-electron chi connectivity index (χ1n) is 8.13. The molecule has 1 heterocycles. The minimum absolute atomic E-state index is 0.110. The Morgan fingerprint density at radius 3 is 2.52 bits per heavy atom. The minimum atomic E-state index is -0.823. The molecule has 0 unspecified atom stereocenters. The highest BCUT2D eigenvalue weighted by Gasteiger charge is 2.53. The van der Waals surface area contributed by atoms with Crippen molar-refractivity contribution in [3.63, 3.8) is 0 Å². The number of amides is 1. The monoisotopic (exact) mass is 317 g/mol. The van der Waals surface area contributed by atoms with Gasteiger partial charge in [-0.25, -0.2) is 0 Å². The summed E-state index contributed by atoms with van der Waals surface area (Å²) in [7, 11) is 1.64. The van der Waals surface area contributed by atoms with Gasteiger partial charge < -0.3 is 14.7 Å². The molecule has 1 aromatic carbocycles. The summed E-state index contributed by atoms with van der Waals surface area (Å²) in [6.45, 7) is 1.38. The van der Waals surface area contributed by atoms with Crippen LogP contribution in [0.5, 0.6) is 0 Å². The maximum absolute atomic E-state index is 12.9. The number of likely N-dealkylation sites (tertiary alicyclic amines) is 1. The van der Waals surface area contributed by atoms with Gasteiger partial charge in [0.05, 0.1) is 11.3 Å². The number of methoxy groups -OCH3 is 1. The second-order valence-electron chi connectivity index (χ2n) is 6.70. The molecule has 2 atom stereocenters. The smallest absolute Gasteiger partial charge is 0.308 e. The average Bonchev–Trinajstić information content (AvgIpc) is 3.22. The number of aliphatic carboxylic acids is 1. The van der Waals surface area contributed by atoms with Crippen molar-refractivity contribution in [2.75, 3.05) is 26.8 Å². The highest BCUT2D eigenvalue weighted by molar-refractivity contribution is 5.86. The van der Waals surface area contributed by atoms with Gasteiger partial charge in [0.15, 0.2) is 0 Å². The Morgan fingerprint density at radius 2 is 1.96 bits per heavy atom. The number of hydrogen-bond acceptors (Lipinski definition) is 3. The maximum Gasteiger partial charge on any atom is 0.308 e. The van der Waals surface area contributed by atoms with Crippen LogP contribution in [0.2, 0.25) is 0 Å². The fourth-order valence-electron chi connectivity index (χ4n) is 3.61. The molecule has 2 aliphatic rings. The van der Waals surface area contributed by atoms with Gasteiger partial charge in [-0.2, -0.15) is 0 Å². The lowest BCUT2D eigenvalue weighted by molar-refractivity contribution is -0.142. The Labute approximate surface area is 136 Å². The van der Waals surface area contributed by atoms with Crippen LogP contribution in [-0.2, 0) is 14.3 Å². The van der Waals surface area contributed by atoms with Crippen LogP contribution >= 0.6 is 0 Å². The normalized spacial score (nSPS) is 25.3. The van der Waals surface area contributed by atoms with E-state index in [0.29, 0.717) is 19.7 Å². The van der Waals surface area contributed by atoms with Crippen LogP contribution in [0.4, 0.5) is 0 Å². The van der Waals surface area contributed by atoms with E-state index in [2.05, 4.69) is 0 Å². The first kappa shape index (κ1) is 16.0. The summed E-state index contributed by atoms with van der Waals surface area (Å²) in [5.41, 5.74) is 0.696. The molecule has 0 radical (unpaired) electrons. The van der Waals surface area contributed by atoms with Crippen molar-refractivity contribution in [2.24, 2.45) is 11.3 Å². The lowest BCUT2D eigenvalue weighted by atomic mass is 9.89. The molecule has 1 N–H and O–H groups in total. The van der Waals surface area contributed by atoms with Crippen molar-refractivity contribution in [3.05, 3.63) is 35.9 Å². The lowest BCUT2D eigenvalue weighted by Gasteiger charge is -2.23. The molecule has 0 bridgehead atoms. The Bertz CT molecular complexity index is 582. The quantitative estimate of drug-likeness (QED) is 0.873. The van der Waals surface area contributed by atoms with Crippen molar-refractivity contribution >= 4 is 11.9 Å². The van der Waals surface area contributed by atoms with E-state index in [4.69, 9.17) is 4.74 Å². The third-order valence-corrected chi connectivity index (χ3v) is 5.24. The van der Waals surface area contributed by atoms with Crippen LogP contribution in [0.15, 0.2) is 30.3 Å². The highest BCUT2D eigenvalue weighted by atomic mass is 16.5. The number of carbonyl (C=O) groups is 2. The van der Waals surface area contributed by atoms with Crippen LogP contribution in [0.25, 0.3) is 0 Å². The number of ether oxygens (including phenoxy) is 1. The largest absolute Gasteiger partial charge is 0.481 e. The van der Waals surface area contributed by atoms with Crippen LogP contribution in [0, 0.1) is 11.3 Å². The van der Waals surface area contributed by atoms with Gasteiger partial charge in [-0.05, 0) is 24.8 Å². The first-order valence-corrected chi connectivity index (χ1v) is 8.13. The van der Waals surface area contributed by atoms with Gasteiger partial charge in [0.1, 0.15) is 0 Å². The van der Waals surface area contributed by atoms with Gasteiger partial charge in [-0.15, -0.1) is 0 Å². The zero-order valence-corrected chi connectivity index (χ0v) is 13.4. The molecule has 0 spiro atoms. The number of benzene rings is 1. The summed E-state index contributed by atoms with van der Waals surface area (Å²) < 4.78 is 5.12. The van der Waals surface area contributed by atoms with E-state index in [1.807, 2.05) is 30.3 Å². The van der Waals surface area contributed by atoms with Crippen LogP contribution in [-0.4, -0.2) is 48.7 Å². The number of carbonyl (C=O) groups excluding carboxylic acids is 1. The Morgan fingerprint density at radius 1 is 1.26 bits per heavy atom. The van der Waals surface area contributed by atoms with Gasteiger partial charge in [0.2, 0.25) is 5.91 Å². The molecule has 124 valence electrons. The summed E-state index contributed by atoms with van der Waals surface area (Å²) in [4.78, 5) is 26.3. The second kappa shape index (κ2) is 6.32. The zero-order valence-electron chi connectivity index (χ0n) is 13.4. The van der Waals surface area contributed by atoms with E-state index >= 15 is 0 Å². The van der Waals surface area contributed by atoms with Crippen LogP contribution < -0.4 is 0 Å². The number of carboxylic acid groups (broad SMARTS) is 1. The topological polar surface area (TPSA) is 66.8 Å². The number of carboxylic acids is 1. The van der Waals surface area contributed by atoms with Gasteiger partial charge in [-0.1, -0.05) is 30.3 Å². The van der Waals surface area contributed by atoms with Gasteiger partial charge in [-0.3, -0.25) is 9.59 Å². The molecule has 0 aromatic heterocycles. The highest BCUT2D eigenvalue weighted by Crippen LogP contribution is 2.51. The number of nitrogens with zero attached hydrogens (tertiary/aromatic N) is 1. The molecular formula is C18H23NO4. The number of rotatable bonds is 6. The van der Waals surface area contributed by atoms with E-state index in [0.717, 1.165) is 24.8 Å². The van der Waals surface area contributed by atoms with E-state index < -0.39 is 11.9 Å². The van der Waals surface area contributed by atoms with Gasteiger partial charge >= 0.3 is 5.97 Å². The minimum Gasteiger partial charge on any atom is -0.481 e. The summed E-state index contributed by atoms with van der Waals surface area (Å²) in [5.74, 6) is -1.37. The standard InChI is InChI=1S/C18H23NO4/c1-23-10-9-18(7-8-18)17(22)19-11-14(15(12-19)16(20)21)13-5-3-2-4-6-13/h2-6,14-15H,7-12H2,1H3,(H,20,21)/t14-,15-/m0/s1. The number of hydrogen-bond donors (Lipinski definition) is 1. The van der Waals surface area contributed by atoms with Gasteiger partial charge in [0.25, 0.3) is 0 Å². The van der Waals surface area contributed by atoms with Gasteiger partial charge in [0, 0.05) is 32.7 Å². The summed E-state index contributed by atoms with van der Waals surface area (Å²) in [5, 5.41) is 9.55. The molecule has 1 aliphatic carbocycles. The fourth-order valence-corrected chi connectivity index (χ4v) is 3.61. The third kappa shape index (κ3) is 3.11. The molecular weight excluding hydrogens is 294 g/mol. The van der Waals surface area contributed by atoms with Crippen molar-refractivity contribution in [2.45, 2.75) is 25.2 Å². The molecule has 1 amide bonds. The van der Waals surface area contributed by atoms with Crippen molar-refractivity contribution in [1.29, 1.82) is 0 Å². The molecule has 1 saturated carbocycles. The van der Waals surface area contributed by atoms with E-state index in [1.54, 1.807) is 12.0 Å². The molecule has 1 aliphatic heterocycles. The average molecular weight is 317 g/mol. The summed E-state index contributed by atoms with van der Waals surface area (Å²) in [6.07, 6.45) is 2.51.